The van der Waals surface area contributed by atoms with Crippen LogP contribution in [0.15, 0.2) is 40.9 Å². The third kappa shape index (κ3) is 3.19. The van der Waals surface area contributed by atoms with Crippen LogP contribution in [-0.4, -0.2) is 6.54 Å². The van der Waals surface area contributed by atoms with Gasteiger partial charge in [0.25, 0.3) is 0 Å². The van der Waals surface area contributed by atoms with Crippen LogP contribution in [0.4, 0.5) is 8.78 Å². The standard InChI is InChI=1S/C15H14BrF2N/c1-2-19-9-10-3-5-11(6-4-10)14-13(17)8-7-12(16)15(14)18/h3-8,19H,2,9H2,1H3. The number of benzene rings is 2. The normalized spacial score (nSPS) is 10.7. The van der Waals surface area contributed by atoms with Crippen LogP contribution in [0.3, 0.4) is 0 Å². The molecule has 4 heteroatoms. The van der Waals surface area contributed by atoms with E-state index in [2.05, 4.69) is 21.2 Å². The lowest BCUT2D eigenvalue weighted by atomic mass is 10.0. The van der Waals surface area contributed by atoms with Gasteiger partial charge in [-0.1, -0.05) is 31.2 Å². The van der Waals surface area contributed by atoms with E-state index in [9.17, 15) is 8.78 Å². The summed E-state index contributed by atoms with van der Waals surface area (Å²) in [7, 11) is 0. The molecule has 2 aromatic rings. The van der Waals surface area contributed by atoms with E-state index < -0.39 is 11.6 Å². The summed E-state index contributed by atoms with van der Waals surface area (Å²) in [6, 6.07) is 9.85. The maximum Gasteiger partial charge on any atom is 0.148 e. The van der Waals surface area contributed by atoms with Gasteiger partial charge in [0, 0.05) is 6.54 Å². The quantitative estimate of drug-likeness (QED) is 0.816. The molecule has 0 unspecified atom stereocenters. The number of halogens is 3. The van der Waals surface area contributed by atoms with Crippen molar-refractivity contribution >= 4 is 15.9 Å². The average molecular weight is 326 g/mol. The van der Waals surface area contributed by atoms with Gasteiger partial charge in [0.05, 0.1) is 10.0 Å². The van der Waals surface area contributed by atoms with Gasteiger partial charge in [-0.3, -0.25) is 0 Å². The molecule has 0 spiro atoms. The second-order valence-electron chi connectivity index (χ2n) is 4.20. The summed E-state index contributed by atoms with van der Waals surface area (Å²) in [6.07, 6.45) is 0. The fourth-order valence-electron chi connectivity index (χ4n) is 1.85. The minimum Gasteiger partial charge on any atom is -0.313 e. The van der Waals surface area contributed by atoms with Crippen LogP contribution in [0, 0.1) is 11.6 Å². The van der Waals surface area contributed by atoms with E-state index in [0.717, 1.165) is 18.7 Å². The summed E-state index contributed by atoms with van der Waals surface area (Å²) in [4.78, 5) is 0. The molecule has 0 atom stereocenters. The Bertz CT molecular complexity index is 567. The van der Waals surface area contributed by atoms with Gasteiger partial charge in [-0.25, -0.2) is 8.78 Å². The molecule has 1 N–H and O–H groups in total. The molecule has 0 radical (unpaired) electrons. The molecule has 0 aliphatic heterocycles. The molecule has 0 amide bonds. The van der Waals surface area contributed by atoms with Crippen molar-refractivity contribution < 1.29 is 8.78 Å². The number of hydrogen-bond acceptors (Lipinski definition) is 1. The maximum absolute atomic E-state index is 14.0. The van der Waals surface area contributed by atoms with E-state index in [4.69, 9.17) is 0 Å². The highest BCUT2D eigenvalue weighted by atomic mass is 79.9. The largest absolute Gasteiger partial charge is 0.313 e. The molecule has 0 fully saturated rings. The molecular weight excluding hydrogens is 312 g/mol. The minimum absolute atomic E-state index is 0.00405. The Morgan fingerprint density at radius 1 is 1.05 bits per heavy atom. The van der Waals surface area contributed by atoms with E-state index in [1.807, 2.05) is 19.1 Å². The van der Waals surface area contributed by atoms with Crippen LogP contribution in [0.2, 0.25) is 0 Å². The van der Waals surface area contributed by atoms with Gasteiger partial charge < -0.3 is 5.32 Å². The van der Waals surface area contributed by atoms with Crippen LogP contribution in [0.5, 0.6) is 0 Å². The maximum atomic E-state index is 14.0. The first-order valence-electron chi connectivity index (χ1n) is 6.07. The van der Waals surface area contributed by atoms with Crippen LogP contribution in [-0.2, 0) is 6.54 Å². The molecule has 2 rings (SSSR count). The highest BCUT2D eigenvalue weighted by Gasteiger charge is 2.14. The van der Waals surface area contributed by atoms with Crippen molar-refractivity contribution in [3.05, 3.63) is 58.1 Å². The highest BCUT2D eigenvalue weighted by Crippen LogP contribution is 2.30. The van der Waals surface area contributed by atoms with Crippen LogP contribution in [0.25, 0.3) is 11.1 Å². The Morgan fingerprint density at radius 2 is 1.74 bits per heavy atom. The summed E-state index contributed by atoms with van der Waals surface area (Å²) in [5.41, 5.74) is 1.63. The zero-order valence-electron chi connectivity index (χ0n) is 10.5. The third-order valence-electron chi connectivity index (χ3n) is 2.87. The van der Waals surface area contributed by atoms with Gasteiger partial charge in [-0.2, -0.15) is 0 Å². The highest BCUT2D eigenvalue weighted by molar-refractivity contribution is 9.10. The molecule has 100 valence electrons. The van der Waals surface area contributed by atoms with Gasteiger partial charge in [-0.05, 0) is 45.7 Å². The lowest BCUT2D eigenvalue weighted by Gasteiger charge is -2.08. The van der Waals surface area contributed by atoms with Crippen molar-refractivity contribution in [1.82, 2.24) is 5.32 Å². The summed E-state index contributed by atoms with van der Waals surface area (Å²) in [5.74, 6) is -1.13. The smallest absolute Gasteiger partial charge is 0.148 e. The fraction of sp³-hybridized carbons (Fsp3) is 0.200. The second-order valence-corrected chi connectivity index (χ2v) is 5.05. The Labute approximate surface area is 119 Å². The Kier molecular flexibility index (Phi) is 4.66. The molecule has 19 heavy (non-hydrogen) atoms. The van der Waals surface area contributed by atoms with E-state index in [-0.39, 0.29) is 10.0 Å². The van der Waals surface area contributed by atoms with Crippen molar-refractivity contribution in [3.8, 4) is 11.1 Å². The molecule has 1 nitrogen and oxygen atoms in total. The average Bonchev–Trinajstić information content (AvgIpc) is 2.42. The lowest BCUT2D eigenvalue weighted by Crippen LogP contribution is -2.11. The predicted octanol–water partition coefficient (Wildman–Crippen LogP) is 4.50. The van der Waals surface area contributed by atoms with Crippen molar-refractivity contribution in [2.24, 2.45) is 0 Å². The first kappa shape index (κ1) is 14.2. The molecule has 0 bridgehead atoms. The number of rotatable bonds is 4. The SMILES string of the molecule is CCNCc1ccc(-c2c(F)ccc(Br)c2F)cc1. The first-order valence-corrected chi connectivity index (χ1v) is 6.86. The first-order chi connectivity index (χ1) is 9.13. The van der Waals surface area contributed by atoms with Crippen molar-refractivity contribution in [2.45, 2.75) is 13.5 Å². The predicted molar refractivity (Wildman–Crippen MR) is 76.9 cm³/mol. The monoisotopic (exact) mass is 325 g/mol. The second kappa shape index (κ2) is 6.26. The lowest BCUT2D eigenvalue weighted by molar-refractivity contribution is 0.585. The molecule has 2 aromatic carbocycles. The van der Waals surface area contributed by atoms with Gasteiger partial charge in [0.1, 0.15) is 11.6 Å². The molecule has 0 aliphatic rings. The topological polar surface area (TPSA) is 12.0 Å². The zero-order valence-corrected chi connectivity index (χ0v) is 12.1. The fourth-order valence-corrected chi connectivity index (χ4v) is 2.18. The molecule has 0 saturated heterocycles. The minimum atomic E-state index is -0.570. The molecule has 0 aliphatic carbocycles. The van der Waals surface area contributed by atoms with E-state index in [1.54, 1.807) is 12.1 Å². The molecule has 0 aromatic heterocycles. The summed E-state index contributed by atoms with van der Waals surface area (Å²) < 4.78 is 28.0. The van der Waals surface area contributed by atoms with Crippen molar-refractivity contribution in [2.75, 3.05) is 6.54 Å². The van der Waals surface area contributed by atoms with Crippen LogP contribution in [0.1, 0.15) is 12.5 Å². The van der Waals surface area contributed by atoms with Gasteiger partial charge in [0.15, 0.2) is 0 Å². The molecule has 0 heterocycles. The van der Waals surface area contributed by atoms with Crippen molar-refractivity contribution in [1.29, 1.82) is 0 Å². The molecular formula is C15H14BrF2N. The van der Waals surface area contributed by atoms with Crippen LogP contribution < -0.4 is 5.32 Å². The van der Waals surface area contributed by atoms with Gasteiger partial charge in [0.2, 0.25) is 0 Å². The number of hydrogen-bond donors (Lipinski definition) is 1. The van der Waals surface area contributed by atoms with Crippen LogP contribution >= 0.6 is 15.9 Å². The van der Waals surface area contributed by atoms with E-state index in [0.29, 0.717) is 5.56 Å². The van der Waals surface area contributed by atoms with Gasteiger partial charge in [-0.15, -0.1) is 0 Å². The van der Waals surface area contributed by atoms with E-state index >= 15 is 0 Å². The summed E-state index contributed by atoms with van der Waals surface area (Å²) in [6.45, 7) is 3.66. The molecule has 0 saturated carbocycles. The Balaban J connectivity index is 2.35. The van der Waals surface area contributed by atoms with Crippen molar-refractivity contribution in [3.63, 3.8) is 0 Å². The summed E-state index contributed by atoms with van der Waals surface area (Å²) in [5, 5.41) is 3.20. The zero-order chi connectivity index (χ0) is 13.8. The van der Waals surface area contributed by atoms with Gasteiger partial charge >= 0.3 is 0 Å². The van der Waals surface area contributed by atoms with E-state index in [1.165, 1.54) is 12.1 Å². The summed E-state index contributed by atoms with van der Waals surface area (Å²) >= 11 is 3.07. The number of nitrogens with one attached hydrogen (secondary N) is 1. The third-order valence-corrected chi connectivity index (χ3v) is 3.48. The Hall–Kier alpha value is -1.26. The Morgan fingerprint density at radius 3 is 2.37 bits per heavy atom.